The van der Waals surface area contributed by atoms with Crippen LogP contribution in [0.4, 0.5) is 5.69 Å². The number of rotatable bonds is 4. The van der Waals surface area contributed by atoms with Gasteiger partial charge in [-0.3, -0.25) is 0 Å². The molecule has 0 heterocycles. The van der Waals surface area contributed by atoms with Crippen LogP contribution in [0.2, 0.25) is 0 Å². The van der Waals surface area contributed by atoms with E-state index in [-0.39, 0.29) is 5.54 Å². The zero-order valence-electron chi connectivity index (χ0n) is 11.7. The maximum atomic E-state index is 6.14. The maximum absolute atomic E-state index is 6.14. The van der Waals surface area contributed by atoms with Crippen molar-refractivity contribution in [1.82, 2.24) is 0 Å². The molecule has 2 rings (SSSR count). The second kappa shape index (κ2) is 5.75. The molecule has 3 N–H and O–H groups in total. The van der Waals surface area contributed by atoms with E-state index in [4.69, 9.17) is 5.73 Å². The third kappa shape index (κ3) is 2.54. The average Bonchev–Trinajstić information content (AvgIpc) is 2.42. The van der Waals surface area contributed by atoms with E-state index in [9.17, 15) is 0 Å². The lowest BCUT2D eigenvalue weighted by Gasteiger charge is -2.45. The number of aryl methyl sites for hydroxylation is 1. The molecule has 0 aliphatic heterocycles. The van der Waals surface area contributed by atoms with Crippen LogP contribution in [-0.4, -0.2) is 12.1 Å². The van der Waals surface area contributed by atoms with Crippen molar-refractivity contribution >= 4 is 5.69 Å². The van der Waals surface area contributed by atoms with Gasteiger partial charge in [0.15, 0.2) is 0 Å². The van der Waals surface area contributed by atoms with E-state index in [0.717, 1.165) is 6.54 Å². The molecule has 0 amide bonds. The Morgan fingerprint density at radius 3 is 2.78 bits per heavy atom. The number of hydrogen-bond donors (Lipinski definition) is 2. The first-order valence-corrected chi connectivity index (χ1v) is 7.25. The van der Waals surface area contributed by atoms with Crippen LogP contribution in [0.15, 0.2) is 24.3 Å². The molecule has 1 saturated carbocycles. The Balaban J connectivity index is 2.24. The zero-order chi connectivity index (χ0) is 13.0. The Kier molecular flexibility index (Phi) is 4.28. The summed E-state index contributed by atoms with van der Waals surface area (Å²) in [4.78, 5) is 0. The van der Waals surface area contributed by atoms with Gasteiger partial charge >= 0.3 is 0 Å². The van der Waals surface area contributed by atoms with Crippen LogP contribution in [0.5, 0.6) is 0 Å². The quantitative estimate of drug-likeness (QED) is 0.850. The highest BCUT2D eigenvalue weighted by Crippen LogP contribution is 2.38. The van der Waals surface area contributed by atoms with Crippen molar-refractivity contribution in [2.75, 3.05) is 11.9 Å². The van der Waals surface area contributed by atoms with Crippen LogP contribution in [0, 0.1) is 12.8 Å². The first kappa shape index (κ1) is 13.4. The Morgan fingerprint density at radius 2 is 2.11 bits per heavy atom. The number of nitrogens with one attached hydrogen (secondary N) is 1. The fourth-order valence-electron chi connectivity index (χ4n) is 3.37. The topological polar surface area (TPSA) is 38.0 Å². The highest BCUT2D eigenvalue weighted by Gasteiger charge is 2.38. The zero-order valence-corrected chi connectivity index (χ0v) is 11.7. The molecular formula is C16H26N2. The van der Waals surface area contributed by atoms with Gasteiger partial charge in [0.25, 0.3) is 0 Å². The van der Waals surface area contributed by atoms with E-state index in [1.54, 1.807) is 0 Å². The summed E-state index contributed by atoms with van der Waals surface area (Å²) in [6.45, 7) is 5.19. The minimum Gasteiger partial charge on any atom is -0.378 e. The van der Waals surface area contributed by atoms with Crippen LogP contribution in [0.25, 0.3) is 0 Å². The summed E-state index contributed by atoms with van der Waals surface area (Å²) in [7, 11) is 0. The number of nitrogens with two attached hydrogens (primary N) is 1. The molecule has 0 aromatic heterocycles. The second-order valence-electron chi connectivity index (χ2n) is 5.65. The van der Waals surface area contributed by atoms with E-state index in [2.05, 4.69) is 43.4 Å². The van der Waals surface area contributed by atoms with E-state index >= 15 is 0 Å². The van der Waals surface area contributed by atoms with Crippen LogP contribution in [0.3, 0.4) is 0 Å². The highest BCUT2D eigenvalue weighted by molar-refractivity contribution is 5.52. The van der Waals surface area contributed by atoms with Crippen LogP contribution in [-0.2, 0) is 0 Å². The molecule has 1 fully saturated rings. The predicted octanol–water partition coefficient (Wildman–Crippen LogP) is 3.70. The molecule has 0 bridgehead atoms. The summed E-state index contributed by atoms with van der Waals surface area (Å²) in [5.41, 5.74) is 8.81. The van der Waals surface area contributed by atoms with E-state index in [0.29, 0.717) is 5.92 Å². The van der Waals surface area contributed by atoms with Crippen molar-refractivity contribution in [3.8, 4) is 0 Å². The molecule has 2 nitrogen and oxygen atoms in total. The largest absolute Gasteiger partial charge is 0.378 e. The number of anilines is 1. The highest BCUT2D eigenvalue weighted by atomic mass is 15.0. The molecule has 18 heavy (non-hydrogen) atoms. The van der Waals surface area contributed by atoms with Crippen molar-refractivity contribution in [1.29, 1.82) is 0 Å². The van der Waals surface area contributed by atoms with Crippen molar-refractivity contribution < 1.29 is 0 Å². The smallest absolute Gasteiger partial charge is 0.0523 e. The van der Waals surface area contributed by atoms with E-state index in [1.165, 1.54) is 43.4 Å². The lowest BCUT2D eigenvalue weighted by molar-refractivity contribution is 0.212. The lowest BCUT2D eigenvalue weighted by atomic mass is 9.71. The van der Waals surface area contributed by atoms with Crippen LogP contribution >= 0.6 is 0 Å². The molecule has 100 valence electrons. The number of para-hydroxylation sites is 1. The Morgan fingerprint density at radius 1 is 1.33 bits per heavy atom. The van der Waals surface area contributed by atoms with Crippen molar-refractivity contribution in [3.05, 3.63) is 29.8 Å². The minimum absolute atomic E-state index is 0.110. The number of hydrogen-bond acceptors (Lipinski definition) is 2. The van der Waals surface area contributed by atoms with Gasteiger partial charge in [-0.05, 0) is 37.3 Å². The molecule has 2 heteroatoms. The molecule has 2 unspecified atom stereocenters. The second-order valence-corrected chi connectivity index (χ2v) is 5.65. The molecule has 1 aliphatic rings. The number of benzene rings is 1. The van der Waals surface area contributed by atoms with Gasteiger partial charge in [0, 0.05) is 12.2 Å². The molecule has 0 spiro atoms. The first-order valence-electron chi connectivity index (χ1n) is 7.25. The fraction of sp³-hybridized carbons (Fsp3) is 0.625. The Labute approximate surface area is 111 Å². The molecular weight excluding hydrogens is 220 g/mol. The first-order chi connectivity index (χ1) is 8.72. The van der Waals surface area contributed by atoms with Gasteiger partial charge in [-0.2, -0.15) is 0 Å². The maximum Gasteiger partial charge on any atom is 0.0523 e. The molecule has 1 aromatic rings. The fourth-order valence-corrected chi connectivity index (χ4v) is 3.37. The predicted molar refractivity (Wildman–Crippen MR) is 78.8 cm³/mol. The van der Waals surface area contributed by atoms with Gasteiger partial charge in [-0.15, -0.1) is 0 Å². The van der Waals surface area contributed by atoms with Crippen molar-refractivity contribution in [2.24, 2.45) is 11.7 Å². The third-order valence-electron chi connectivity index (χ3n) is 4.59. The lowest BCUT2D eigenvalue weighted by Crippen LogP contribution is -2.53. The Bertz CT molecular complexity index is 388. The van der Waals surface area contributed by atoms with Gasteiger partial charge < -0.3 is 11.1 Å². The van der Waals surface area contributed by atoms with Crippen molar-refractivity contribution in [2.45, 2.75) is 51.5 Å². The van der Waals surface area contributed by atoms with E-state index < -0.39 is 0 Å². The summed E-state index contributed by atoms with van der Waals surface area (Å²) in [5.74, 6) is 0.704. The monoisotopic (exact) mass is 246 g/mol. The summed E-state index contributed by atoms with van der Waals surface area (Å²) in [6, 6.07) is 8.53. The Hall–Kier alpha value is -1.02. The van der Waals surface area contributed by atoms with Gasteiger partial charge in [-0.25, -0.2) is 0 Å². The summed E-state index contributed by atoms with van der Waals surface area (Å²) in [6.07, 6.45) is 6.39. The van der Waals surface area contributed by atoms with Crippen molar-refractivity contribution in [3.63, 3.8) is 0 Å². The van der Waals surface area contributed by atoms with Gasteiger partial charge in [0.1, 0.15) is 0 Å². The molecule has 0 saturated heterocycles. The summed E-state index contributed by atoms with van der Waals surface area (Å²) in [5, 5.41) is 3.79. The minimum atomic E-state index is 0.110. The van der Waals surface area contributed by atoms with Gasteiger partial charge in [0.05, 0.1) is 5.54 Å². The molecule has 1 aliphatic carbocycles. The van der Waals surface area contributed by atoms with Crippen LogP contribution < -0.4 is 11.1 Å². The normalized spacial score (nSPS) is 28.1. The average molecular weight is 246 g/mol. The van der Waals surface area contributed by atoms with Gasteiger partial charge in [0.2, 0.25) is 0 Å². The summed E-state index contributed by atoms with van der Waals surface area (Å²) >= 11 is 0. The molecule has 0 radical (unpaired) electrons. The molecule has 2 atom stereocenters. The van der Waals surface area contributed by atoms with Crippen LogP contribution in [0.1, 0.15) is 44.6 Å². The van der Waals surface area contributed by atoms with Gasteiger partial charge in [-0.1, -0.05) is 44.4 Å². The SMILES string of the molecule is CCC1CCCCC1(CN)Nc1ccccc1C. The molecule has 1 aromatic carbocycles. The summed E-state index contributed by atoms with van der Waals surface area (Å²) < 4.78 is 0. The standard InChI is InChI=1S/C16H26N2/c1-3-14-9-6-7-11-16(14,12-17)18-15-10-5-4-8-13(15)2/h4-5,8,10,14,18H,3,6-7,9,11-12,17H2,1-2H3. The third-order valence-corrected chi connectivity index (χ3v) is 4.59. The van der Waals surface area contributed by atoms with E-state index in [1.807, 2.05) is 0 Å².